The Bertz CT molecular complexity index is 196. The van der Waals surface area contributed by atoms with Gasteiger partial charge in [-0.05, 0) is 19.3 Å². The van der Waals surface area contributed by atoms with Gasteiger partial charge in [-0.15, -0.1) is 0 Å². The van der Waals surface area contributed by atoms with Crippen molar-refractivity contribution >= 4 is 5.91 Å². The number of rotatable bonds is 1. The quantitative estimate of drug-likeness (QED) is 0.547. The lowest BCUT2D eigenvalue weighted by Crippen LogP contribution is -2.29. The molecule has 0 aromatic carbocycles. The molecule has 1 aliphatic heterocycles. The van der Waals surface area contributed by atoms with E-state index in [2.05, 4.69) is 13.0 Å². The van der Waals surface area contributed by atoms with Gasteiger partial charge in [0.1, 0.15) is 0 Å². The van der Waals surface area contributed by atoms with E-state index in [1.165, 1.54) is 5.57 Å². The highest BCUT2D eigenvalue weighted by Gasteiger charge is 2.10. The van der Waals surface area contributed by atoms with Crippen molar-refractivity contribution in [2.45, 2.75) is 33.1 Å². The highest BCUT2D eigenvalue weighted by Crippen LogP contribution is 2.13. The van der Waals surface area contributed by atoms with Crippen LogP contribution in [0.25, 0.3) is 0 Å². The van der Waals surface area contributed by atoms with Gasteiger partial charge in [0.2, 0.25) is 5.91 Å². The van der Waals surface area contributed by atoms with E-state index in [1.54, 1.807) is 6.92 Å². The van der Waals surface area contributed by atoms with Crippen LogP contribution in [-0.4, -0.2) is 23.9 Å². The number of hydrogen-bond donors (Lipinski definition) is 0. The lowest BCUT2D eigenvalue weighted by molar-refractivity contribution is -0.128. The number of amides is 1. The Balaban J connectivity index is 2.47. The molecule has 1 aliphatic rings. The van der Waals surface area contributed by atoms with Crippen molar-refractivity contribution in [1.82, 2.24) is 4.90 Å². The second kappa shape index (κ2) is 4.29. The van der Waals surface area contributed by atoms with E-state index in [0.29, 0.717) is 0 Å². The van der Waals surface area contributed by atoms with Crippen molar-refractivity contribution in [2.24, 2.45) is 0 Å². The molecule has 0 atom stereocenters. The molecule has 0 bridgehead atoms. The predicted molar refractivity (Wildman–Crippen MR) is 49.9 cm³/mol. The van der Waals surface area contributed by atoms with Gasteiger partial charge < -0.3 is 4.90 Å². The molecule has 0 unspecified atom stereocenters. The van der Waals surface area contributed by atoms with Gasteiger partial charge in [0.15, 0.2) is 0 Å². The Kier molecular flexibility index (Phi) is 3.32. The molecule has 2 heteroatoms. The van der Waals surface area contributed by atoms with Crippen LogP contribution in [0.3, 0.4) is 0 Å². The molecule has 0 aromatic rings. The maximum absolute atomic E-state index is 11.0. The topological polar surface area (TPSA) is 20.3 Å². The molecule has 12 heavy (non-hydrogen) atoms. The van der Waals surface area contributed by atoms with Gasteiger partial charge in [0, 0.05) is 20.0 Å². The van der Waals surface area contributed by atoms with E-state index < -0.39 is 0 Å². The first kappa shape index (κ1) is 9.30. The first-order valence-corrected chi connectivity index (χ1v) is 4.67. The van der Waals surface area contributed by atoms with E-state index in [0.717, 1.165) is 32.4 Å². The zero-order chi connectivity index (χ0) is 8.97. The third-order valence-corrected chi connectivity index (χ3v) is 2.43. The van der Waals surface area contributed by atoms with E-state index >= 15 is 0 Å². The van der Waals surface area contributed by atoms with Crippen LogP contribution < -0.4 is 0 Å². The SMILES string of the molecule is CCC1=CCCN(C(C)=O)CC1. The van der Waals surface area contributed by atoms with Crippen LogP contribution in [0.5, 0.6) is 0 Å². The molecule has 1 heterocycles. The van der Waals surface area contributed by atoms with Crippen LogP contribution in [0.15, 0.2) is 11.6 Å². The lowest BCUT2D eigenvalue weighted by Gasteiger charge is -2.17. The summed E-state index contributed by atoms with van der Waals surface area (Å²) in [5.74, 6) is 0.209. The molecule has 1 amide bonds. The number of carbonyl (C=O) groups is 1. The molecule has 68 valence electrons. The second-order valence-corrected chi connectivity index (χ2v) is 3.26. The molecular formula is C10H17NO. The van der Waals surface area contributed by atoms with Gasteiger partial charge in [-0.1, -0.05) is 18.6 Å². The standard InChI is InChI=1S/C10H17NO/c1-3-10-5-4-7-11(8-6-10)9(2)12/h5H,3-4,6-8H2,1-2H3. The Labute approximate surface area is 74.2 Å². The summed E-state index contributed by atoms with van der Waals surface area (Å²) in [7, 11) is 0. The van der Waals surface area contributed by atoms with Crippen LogP contribution >= 0.6 is 0 Å². The van der Waals surface area contributed by atoms with Crippen molar-refractivity contribution in [3.63, 3.8) is 0 Å². The van der Waals surface area contributed by atoms with Crippen LogP contribution in [0.2, 0.25) is 0 Å². The van der Waals surface area contributed by atoms with Crippen molar-refractivity contribution in [2.75, 3.05) is 13.1 Å². The zero-order valence-corrected chi connectivity index (χ0v) is 7.97. The van der Waals surface area contributed by atoms with Crippen molar-refractivity contribution < 1.29 is 4.79 Å². The minimum absolute atomic E-state index is 0.209. The molecule has 0 saturated carbocycles. The Morgan fingerprint density at radius 3 is 2.92 bits per heavy atom. The summed E-state index contributed by atoms with van der Waals surface area (Å²) in [5, 5.41) is 0. The number of nitrogens with zero attached hydrogens (tertiary/aromatic N) is 1. The first-order valence-electron chi connectivity index (χ1n) is 4.67. The van der Waals surface area contributed by atoms with Crippen LogP contribution in [0, 0.1) is 0 Å². The summed E-state index contributed by atoms with van der Waals surface area (Å²) in [6, 6.07) is 0. The van der Waals surface area contributed by atoms with E-state index in [-0.39, 0.29) is 5.91 Å². The summed E-state index contributed by atoms with van der Waals surface area (Å²) < 4.78 is 0. The summed E-state index contributed by atoms with van der Waals surface area (Å²) >= 11 is 0. The minimum atomic E-state index is 0.209. The molecule has 0 aliphatic carbocycles. The summed E-state index contributed by atoms with van der Waals surface area (Å²) in [5.41, 5.74) is 1.50. The largest absolute Gasteiger partial charge is 0.342 e. The summed E-state index contributed by atoms with van der Waals surface area (Å²) in [6.07, 6.45) is 5.51. The molecule has 0 saturated heterocycles. The van der Waals surface area contributed by atoms with Crippen molar-refractivity contribution in [1.29, 1.82) is 0 Å². The normalized spacial score (nSPS) is 18.5. The second-order valence-electron chi connectivity index (χ2n) is 3.26. The van der Waals surface area contributed by atoms with Gasteiger partial charge in [-0.25, -0.2) is 0 Å². The first-order chi connectivity index (χ1) is 5.74. The van der Waals surface area contributed by atoms with Gasteiger partial charge in [0.05, 0.1) is 0 Å². The van der Waals surface area contributed by atoms with E-state index in [1.807, 2.05) is 4.90 Å². The van der Waals surface area contributed by atoms with Gasteiger partial charge >= 0.3 is 0 Å². The fourth-order valence-electron chi connectivity index (χ4n) is 1.55. The lowest BCUT2D eigenvalue weighted by atomic mass is 10.1. The van der Waals surface area contributed by atoms with Gasteiger partial charge in [-0.3, -0.25) is 4.79 Å². The minimum Gasteiger partial charge on any atom is -0.342 e. The highest BCUT2D eigenvalue weighted by molar-refractivity contribution is 5.73. The van der Waals surface area contributed by atoms with Crippen molar-refractivity contribution in [3.05, 3.63) is 11.6 Å². The highest BCUT2D eigenvalue weighted by atomic mass is 16.2. The zero-order valence-electron chi connectivity index (χ0n) is 7.97. The van der Waals surface area contributed by atoms with E-state index in [9.17, 15) is 4.79 Å². The fraction of sp³-hybridized carbons (Fsp3) is 0.700. The predicted octanol–water partition coefficient (Wildman–Crippen LogP) is 1.97. The third kappa shape index (κ3) is 2.36. The molecule has 0 radical (unpaired) electrons. The average Bonchev–Trinajstić information content (AvgIpc) is 2.28. The summed E-state index contributed by atoms with van der Waals surface area (Å²) in [6.45, 7) is 5.64. The molecule has 1 rings (SSSR count). The number of hydrogen-bond acceptors (Lipinski definition) is 1. The average molecular weight is 167 g/mol. The smallest absolute Gasteiger partial charge is 0.219 e. The Morgan fingerprint density at radius 1 is 1.58 bits per heavy atom. The molecule has 0 spiro atoms. The van der Waals surface area contributed by atoms with Crippen LogP contribution in [-0.2, 0) is 4.79 Å². The fourth-order valence-corrected chi connectivity index (χ4v) is 1.55. The Morgan fingerprint density at radius 2 is 2.33 bits per heavy atom. The van der Waals surface area contributed by atoms with Crippen LogP contribution in [0.1, 0.15) is 33.1 Å². The molecular weight excluding hydrogens is 150 g/mol. The third-order valence-electron chi connectivity index (χ3n) is 2.43. The van der Waals surface area contributed by atoms with Gasteiger partial charge in [-0.2, -0.15) is 0 Å². The van der Waals surface area contributed by atoms with Crippen LogP contribution in [0.4, 0.5) is 0 Å². The molecule has 0 fully saturated rings. The van der Waals surface area contributed by atoms with Crippen molar-refractivity contribution in [3.8, 4) is 0 Å². The maximum atomic E-state index is 11.0. The molecule has 0 aromatic heterocycles. The van der Waals surface area contributed by atoms with E-state index in [4.69, 9.17) is 0 Å². The summed E-state index contributed by atoms with van der Waals surface area (Å²) in [4.78, 5) is 13.0. The maximum Gasteiger partial charge on any atom is 0.219 e. The Hall–Kier alpha value is -0.790. The molecule has 2 nitrogen and oxygen atoms in total. The number of carbonyl (C=O) groups excluding carboxylic acids is 1. The monoisotopic (exact) mass is 167 g/mol. The van der Waals surface area contributed by atoms with Gasteiger partial charge in [0.25, 0.3) is 0 Å². The molecule has 0 N–H and O–H groups in total.